The highest BCUT2D eigenvalue weighted by molar-refractivity contribution is 5.45. The average molecular weight is 209 g/mol. The number of nitrogens with zero attached hydrogens (tertiary/aromatic N) is 1. The molecule has 15 heavy (non-hydrogen) atoms. The maximum absolute atomic E-state index is 13.2. The van der Waals surface area contributed by atoms with Crippen LogP contribution in [0, 0.1) is 11.6 Å². The first-order valence-corrected chi connectivity index (χ1v) is 4.42. The zero-order valence-corrected chi connectivity index (χ0v) is 7.80. The van der Waals surface area contributed by atoms with Gasteiger partial charge in [0.05, 0.1) is 24.3 Å². The number of benzene rings is 1. The van der Waals surface area contributed by atoms with Crippen LogP contribution in [0.25, 0.3) is 0 Å². The topological polar surface area (TPSA) is 40.7 Å². The Morgan fingerprint density at radius 1 is 1.33 bits per heavy atom. The van der Waals surface area contributed by atoms with Crippen LogP contribution < -0.4 is 5.32 Å². The minimum absolute atomic E-state index is 0.143. The summed E-state index contributed by atoms with van der Waals surface area (Å²) in [5.74, 6) is -1.72. The van der Waals surface area contributed by atoms with Crippen molar-refractivity contribution in [2.75, 3.05) is 5.32 Å². The van der Waals surface area contributed by atoms with Gasteiger partial charge in [0.1, 0.15) is 0 Å². The number of nitrogens with one attached hydrogen (secondary N) is 2. The van der Waals surface area contributed by atoms with Gasteiger partial charge in [-0.1, -0.05) is 6.07 Å². The highest BCUT2D eigenvalue weighted by atomic mass is 19.2. The Kier molecular flexibility index (Phi) is 2.62. The summed E-state index contributed by atoms with van der Waals surface area (Å²) < 4.78 is 26.0. The van der Waals surface area contributed by atoms with E-state index in [-0.39, 0.29) is 5.69 Å². The highest BCUT2D eigenvalue weighted by Crippen LogP contribution is 2.16. The van der Waals surface area contributed by atoms with E-state index in [2.05, 4.69) is 15.3 Å². The van der Waals surface area contributed by atoms with Crippen LogP contribution in [0.1, 0.15) is 5.69 Å². The van der Waals surface area contributed by atoms with Crippen LogP contribution >= 0.6 is 0 Å². The molecule has 0 spiro atoms. The van der Waals surface area contributed by atoms with E-state index in [1.165, 1.54) is 18.5 Å². The lowest BCUT2D eigenvalue weighted by molar-refractivity contribution is 0.511. The molecule has 0 unspecified atom stereocenters. The number of halogens is 2. The molecule has 78 valence electrons. The zero-order valence-electron chi connectivity index (χ0n) is 7.80. The van der Waals surface area contributed by atoms with Crippen LogP contribution in [0.4, 0.5) is 14.5 Å². The van der Waals surface area contributed by atoms with Gasteiger partial charge >= 0.3 is 0 Å². The van der Waals surface area contributed by atoms with Crippen LogP contribution in [0.15, 0.2) is 30.7 Å². The van der Waals surface area contributed by atoms with E-state index in [1.54, 1.807) is 6.20 Å². The Morgan fingerprint density at radius 2 is 2.20 bits per heavy atom. The van der Waals surface area contributed by atoms with Crippen molar-refractivity contribution in [1.82, 2.24) is 9.97 Å². The fraction of sp³-hybridized carbons (Fsp3) is 0.100. The minimum atomic E-state index is -0.864. The molecule has 0 bridgehead atoms. The fourth-order valence-electron chi connectivity index (χ4n) is 1.21. The van der Waals surface area contributed by atoms with E-state index in [4.69, 9.17) is 0 Å². The maximum Gasteiger partial charge on any atom is 0.181 e. The Labute approximate surface area is 85.2 Å². The molecule has 1 aromatic carbocycles. The molecule has 3 nitrogen and oxygen atoms in total. The van der Waals surface area contributed by atoms with E-state index in [9.17, 15) is 8.78 Å². The van der Waals surface area contributed by atoms with E-state index in [0.29, 0.717) is 6.54 Å². The SMILES string of the molecule is Fc1cccc(NCc2cnc[nH]2)c1F. The summed E-state index contributed by atoms with van der Waals surface area (Å²) in [6.45, 7) is 0.375. The molecule has 0 saturated heterocycles. The van der Waals surface area contributed by atoms with Crippen molar-refractivity contribution in [2.45, 2.75) is 6.54 Å². The highest BCUT2D eigenvalue weighted by Gasteiger charge is 2.06. The van der Waals surface area contributed by atoms with Gasteiger partial charge in [-0.3, -0.25) is 0 Å². The molecule has 0 aliphatic carbocycles. The van der Waals surface area contributed by atoms with Crippen molar-refractivity contribution in [3.63, 3.8) is 0 Å². The van der Waals surface area contributed by atoms with Gasteiger partial charge in [0.15, 0.2) is 11.6 Å². The molecule has 2 rings (SSSR count). The van der Waals surface area contributed by atoms with Gasteiger partial charge in [0.2, 0.25) is 0 Å². The number of anilines is 1. The number of H-pyrrole nitrogens is 1. The molecule has 1 aromatic heterocycles. The summed E-state index contributed by atoms with van der Waals surface area (Å²) >= 11 is 0. The second-order valence-electron chi connectivity index (χ2n) is 3.03. The van der Waals surface area contributed by atoms with Gasteiger partial charge < -0.3 is 10.3 Å². The minimum Gasteiger partial charge on any atom is -0.377 e. The van der Waals surface area contributed by atoms with Crippen molar-refractivity contribution >= 4 is 5.69 Å². The van der Waals surface area contributed by atoms with E-state index in [1.807, 2.05) is 0 Å². The lowest BCUT2D eigenvalue weighted by Crippen LogP contribution is -2.02. The molecule has 0 saturated carbocycles. The monoisotopic (exact) mass is 209 g/mol. The Morgan fingerprint density at radius 3 is 2.93 bits per heavy atom. The van der Waals surface area contributed by atoms with E-state index < -0.39 is 11.6 Å². The first-order chi connectivity index (χ1) is 7.27. The number of hydrogen-bond acceptors (Lipinski definition) is 2. The van der Waals surface area contributed by atoms with Crippen molar-refractivity contribution in [3.8, 4) is 0 Å². The molecule has 2 aromatic rings. The van der Waals surface area contributed by atoms with Crippen LogP contribution in [0.2, 0.25) is 0 Å². The third-order valence-electron chi connectivity index (χ3n) is 1.98. The van der Waals surface area contributed by atoms with Crippen LogP contribution in [0.5, 0.6) is 0 Å². The molecule has 0 radical (unpaired) electrons. The number of aromatic amines is 1. The maximum atomic E-state index is 13.2. The summed E-state index contributed by atoms with van der Waals surface area (Å²) in [5, 5.41) is 2.77. The predicted molar refractivity (Wildman–Crippen MR) is 52.3 cm³/mol. The van der Waals surface area contributed by atoms with E-state index >= 15 is 0 Å². The van der Waals surface area contributed by atoms with Gasteiger partial charge in [0, 0.05) is 6.20 Å². The van der Waals surface area contributed by atoms with Gasteiger partial charge in [-0.2, -0.15) is 0 Å². The van der Waals surface area contributed by atoms with Gasteiger partial charge in [0.25, 0.3) is 0 Å². The Bertz CT molecular complexity index is 440. The third-order valence-corrected chi connectivity index (χ3v) is 1.98. The lowest BCUT2D eigenvalue weighted by Gasteiger charge is -2.05. The summed E-state index contributed by atoms with van der Waals surface area (Å²) in [4.78, 5) is 6.66. The molecule has 1 heterocycles. The third kappa shape index (κ3) is 2.12. The quantitative estimate of drug-likeness (QED) is 0.814. The molecule has 0 aliphatic rings. The molecule has 2 N–H and O–H groups in total. The van der Waals surface area contributed by atoms with Crippen LogP contribution in [-0.4, -0.2) is 9.97 Å². The van der Waals surface area contributed by atoms with Crippen molar-refractivity contribution in [3.05, 3.63) is 48.1 Å². The van der Waals surface area contributed by atoms with Gasteiger partial charge in [-0.05, 0) is 12.1 Å². The second kappa shape index (κ2) is 4.08. The molecular weight excluding hydrogens is 200 g/mol. The smallest absolute Gasteiger partial charge is 0.181 e. The van der Waals surface area contributed by atoms with Gasteiger partial charge in [-0.15, -0.1) is 0 Å². The molecule has 0 aliphatic heterocycles. The molecular formula is C10H9F2N3. The number of imidazole rings is 1. The second-order valence-corrected chi connectivity index (χ2v) is 3.03. The van der Waals surface area contributed by atoms with E-state index in [0.717, 1.165) is 11.8 Å². The van der Waals surface area contributed by atoms with Crippen LogP contribution in [-0.2, 0) is 6.54 Å². The number of aromatic nitrogens is 2. The zero-order chi connectivity index (χ0) is 10.7. The van der Waals surface area contributed by atoms with Gasteiger partial charge in [-0.25, -0.2) is 13.8 Å². The Balaban J connectivity index is 2.08. The normalized spacial score (nSPS) is 10.3. The summed E-state index contributed by atoms with van der Waals surface area (Å²) in [5.41, 5.74) is 0.947. The van der Waals surface area contributed by atoms with Crippen LogP contribution in [0.3, 0.4) is 0 Å². The van der Waals surface area contributed by atoms with Crippen molar-refractivity contribution in [2.24, 2.45) is 0 Å². The van der Waals surface area contributed by atoms with Crippen molar-refractivity contribution < 1.29 is 8.78 Å². The fourth-order valence-corrected chi connectivity index (χ4v) is 1.21. The molecule has 0 amide bonds. The first kappa shape index (κ1) is 9.64. The predicted octanol–water partition coefficient (Wildman–Crippen LogP) is 2.30. The largest absolute Gasteiger partial charge is 0.377 e. The molecule has 0 atom stereocenters. The Hall–Kier alpha value is -1.91. The molecule has 5 heteroatoms. The van der Waals surface area contributed by atoms with Crippen molar-refractivity contribution in [1.29, 1.82) is 0 Å². The standard InChI is InChI=1S/C10H9F2N3/c11-8-2-1-3-9(10(8)12)14-5-7-4-13-6-15-7/h1-4,6,14H,5H2,(H,13,15). The first-order valence-electron chi connectivity index (χ1n) is 4.42. The summed E-state index contributed by atoms with van der Waals surface area (Å²) in [6, 6.07) is 4.01. The summed E-state index contributed by atoms with van der Waals surface area (Å²) in [7, 11) is 0. The lowest BCUT2D eigenvalue weighted by atomic mass is 10.3. The number of hydrogen-bond donors (Lipinski definition) is 2. The molecule has 0 fully saturated rings. The summed E-state index contributed by atoms with van der Waals surface area (Å²) in [6.07, 6.45) is 3.14. The average Bonchev–Trinajstić information content (AvgIpc) is 2.73. The number of rotatable bonds is 3.